The molecule has 1 rings (SSSR count). The van der Waals surface area contributed by atoms with Crippen LogP contribution in [0.25, 0.3) is 0 Å². The Balaban J connectivity index is 2.88. The van der Waals surface area contributed by atoms with Crippen LogP contribution >= 0.6 is 23.2 Å². The van der Waals surface area contributed by atoms with Crippen molar-refractivity contribution < 1.29 is 4.74 Å². The third-order valence-electron chi connectivity index (χ3n) is 3.26. The first-order valence-corrected chi connectivity index (χ1v) is 7.53. The van der Waals surface area contributed by atoms with Crippen molar-refractivity contribution in [1.82, 2.24) is 5.32 Å². The molecule has 0 fully saturated rings. The van der Waals surface area contributed by atoms with Crippen LogP contribution < -0.4 is 5.32 Å². The maximum absolute atomic E-state index is 6.33. The van der Waals surface area contributed by atoms with Crippen molar-refractivity contribution in [2.45, 2.75) is 32.7 Å². The molecule has 0 bridgehead atoms. The van der Waals surface area contributed by atoms with Gasteiger partial charge in [0.15, 0.2) is 0 Å². The van der Waals surface area contributed by atoms with Gasteiger partial charge in [-0.05, 0) is 43.0 Å². The molecule has 4 heteroatoms. The fourth-order valence-electron chi connectivity index (χ4n) is 2.14. The van der Waals surface area contributed by atoms with E-state index >= 15 is 0 Å². The summed E-state index contributed by atoms with van der Waals surface area (Å²) >= 11 is 12.3. The van der Waals surface area contributed by atoms with Gasteiger partial charge in [-0.1, -0.05) is 43.1 Å². The van der Waals surface area contributed by atoms with E-state index in [2.05, 4.69) is 19.2 Å². The molecule has 1 aromatic carbocycles. The van der Waals surface area contributed by atoms with Gasteiger partial charge in [-0.3, -0.25) is 0 Å². The van der Waals surface area contributed by atoms with Crippen LogP contribution in [0.15, 0.2) is 18.2 Å². The Morgan fingerprint density at radius 3 is 2.63 bits per heavy atom. The minimum absolute atomic E-state index is 0.236. The Kier molecular flexibility index (Phi) is 7.77. The molecule has 0 radical (unpaired) electrons. The van der Waals surface area contributed by atoms with Gasteiger partial charge < -0.3 is 10.1 Å². The normalized spacial score (nSPS) is 14.4. The second-order valence-corrected chi connectivity index (χ2v) is 5.70. The maximum atomic E-state index is 6.33. The zero-order valence-electron chi connectivity index (χ0n) is 11.9. The standard InChI is InChI=1S/C15H23Cl2NO/c1-4-8-18-15(11(2)7-9-19-3)13-6-5-12(16)10-14(13)17/h5-6,10-11,15,18H,4,7-9H2,1-3H3. The molecule has 1 N–H and O–H groups in total. The Morgan fingerprint density at radius 1 is 1.32 bits per heavy atom. The molecule has 0 aliphatic rings. The van der Waals surface area contributed by atoms with Crippen molar-refractivity contribution in [2.24, 2.45) is 5.92 Å². The van der Waals surface area contributed by atoms with Crippen LogP contribution in [0.3, 0.4) is 0 Å². The minimum atomic E-state index is 0.236. The highest BCUT2D eigenvalue weighted by atomic mass is 35.5. The van der Waals surface area contributed by atoms with Crippen molar-refractivity contribution in [3.63, 3.8) is 0 Å². The Morgan fingerprint density at radius 2 is 2.05 bits per heavy atom. The van der Waals surface area contributed by atoms with Gasteiger partial charge in [0.2, 0.25) is 0 Å². The number of ether oxygens (including phenoxy) is 1. The highest BCUT2D eigenvalue weighted by Gasteiger charge is 2.20. The molecule has 108 valence electrons. The smallest absolute Gasteiger partial charge is 0.0468 e. The van der Waals surface area contributed by atoms with Crippen molar-refractivity contribution in [2.75, 3.05) is 20.3 Å². The molecule has 0 heterocycles. The van der Waals surface area contributed by atoms with Crippen LogP contribution in [0.1, 0.15) is 38.3 Å². The first-order valence-electron chi connectivity index (χ1n) is 6.77. The average Bonchev–Trinajstić information content (AvgIpc) is 2.38. The second-order valence-electron chi connectivity index (χ2n) is 4.86. The fourth-order valence-corrected chi connectivity index (χ4v) is 2.67. The molecular weight excluding hydrogens is 281 g/mol. The van der Waals surface area contributed by atoms with Crippen LogP contribution in [-0.4, -0.2) is 20.3 Å². The summed E-state index contributed by atoms with van der Waals surface area (Å²) in [7, 11) is 1.73. The summed E-state index contributed by atoms with van der Waals surface area (Å²) < 4.78 is 5.17. The summed E-state index contributed by atoms with van der Waals surface area (Å²) in [6.07, 6.45) is 2.09. The molecule has 2 nitrogen and oxygen atoms in total. The average molecular weight is 304 g/mol. The molecular formula is C15H23Cl2NO. The molecule has 2 atom stereocenters. The number of rotatable bonds is 8. The lowest BCUT2D eigenvalue weighted by molar-refractivity contribution is 0.170. The van der Waals surface area contributed by atoms with Gasteiger partial charge in [0.1, 0.15) is 0 Å². The first kappa shape index (κ1) is 16.8. The van der Waals surface area contributed by atoms with E-state index in [1.807, 2.05) is 18.2 Å². The highest BCUT2D eigenvalue weighted by Crippen LogP contribution is 2.31. The van der Waals surface area contributed by atoms with Gasteiger partial charge in [-0.15, -0.1) is 0 Å². The molecule has 0 spiro atoms. The Bertz CT molecular complexity index is 384. The fraction of sp³-hybridized carbons (Fsp3) is 0.600. The Labute approximate surface area is 126 Å². The second kappa shape index (κ2) is 8.80. The van der Waals surface area contributed by atoms with Gasteiger partial charge >= 0.3 is 0 Å². The van der Waals surface area contributed by atoms with E-state index in [-0.39, 0.29) is 6.04 Å². The zero-order valence-corrected chi connectivity index (χ0v) is 13.4. The van der Waals surface area contributed by atoms with E-state index in [1.54, 1.807) is 7.11 Å². The molecule has 2 unspecified atom stereocenters. The van der Waals surface area contributed by atoms with E-state index in [1.165, 1.54) is 0 Å². The molecule has 19 heavy (non-hydrogen) atoms. The van der Waals surface area contributed by atoms with Crippen LogP contribution in [0.4, 0.5) is 0 Å². The summed E-state index contributed by atoms with van der Waals surface area (Å²) in [6, 6.07) is 5.95. The number of hydrogen-bond acceptors (Lipinski definition) is 2. The molecule has 0 aromatic heterocycles. The third-order valence-corrected chi connectivity index (χ3v) is 3.82. The lowest BCUT2D eigenvalue weighted by Gasteiger charge is -2.26. The van der Waals surface area contributed by atoms with Crippen LogP contribution in [0, 0.1) is 5.92 Å². The number of methoxy groups -OCH3 is 1. The number of halogens is 2. The number of hydrogen-bond donors (Lipinski definition) is 1. The number of nitrogens with one attached hydrogen (secondary N) is 1. The quantitative estimate of drug-likeness (QED) is 0.751. The molecule has 0 aliphatic carbocycles. The minimum Gasteiger partial charge on any atom is -0.385 e. The molecule has 0 aliphatic heterocycles. The third kappa shape index (κ3) is 5.31. The largest absolute Gasteiger partial charge is 0.385 e. The number of benzene rings is 1. The molecule has 0 saturated heterocycles. The predicted molar refractivity (Wildman–Crippen MR) is 83.2 cm³/mol. The van der Waals surface area contributed by atoms with E-state index in [9.17, 15) is 0 Å². The summed E-state index contributed by atoms with van der Waals surface area (Å²) in [5.41, 5.74) is 1.11. The first-order chi connectivity index (χ1) is 9.10. The highest BCUT2D eigenvalue weighted by molar-refractivity contribution is 6.35. The van der Waals surface area contributed by atoms with E-state index in [0.717, 1.165) is 36.6 Å². The molecule has 0 saturated carbocycles. The van der Waals surface area contributed by atoms with E-state index in [4.69, 9.17) is 27.9 Å². The van der Waals surface area contributed by atoms with Crippen molar-refractivity contribution in [3.05, 3.63) is 33.8 Å². The lowest BCUT2D eigenvalue weighted by atomic mass is 9.92. The summed E-state index contributed by atoms with van der Waals surface area (Å²) in [6.45, 7) is 6.11. The van der Waals surface area contributed by atoms with Crippen LogP contribution in [0.5, 0.6) is 0 Å². The van der Waals surface area contributed by atoms with Crippen LogP contribution in [-0.2, 0) is 4.74 Å². The zero-order chi connectivity index (χ0) is 14.3. The summed E-state index contributed by atoms with van der Waals surface area (Å²) in [5, 5.41) is 4.97. The maximum Gasteiger partial charge on any atom is 0.0468 e. The lowest BCUT2D eigenvalue weighted by Crippen LogP contribution is -2.28. The summed E-state index contributed by atoms with van der Waals surface area (Å²) in [5.74, 6) is 0.449. The molecule has 0 amide bonds. The topological polar surface area (TPSA) is 21.3 Å². The van der Waals surface area contributed by atoms with Gasteiger partial charge in [0.25, 0.3) is 0 Å². The van der Waals surface area contributed by atoms with Crippen molar-refractivity contribution in [3.8, 4) is 0 Å². The SMILES string of the molecule is CCCNC(c1ccc(Cl)cc1Cl)C(C)CCOC. The van der Waals surface area contributed by atoms with Gasteiger partial charge in [0, 0.05) is 29.8 Å². The monoisotopic (exact) mass is 303 g/mol. The Hall–Kier alpha value is -0.280. The van der Waals surface area contributed by atoms with Crippen molar-refractivity contribution in [1.29, 1.82) is 0 Å². The van der Waals surface area contributed by atoms with Gasteiger partial charge in [-0.25, -0.2) is 0 Å². The van der Waals surface area contributed by atoms with Crippen LogP contribution in [0.2, 0.25) is 10.0 Å². The predicted octanol–water partition coefficient (Wildman–Crippen LogP) is 4.71. The summed E-state index contributed by atoms with van der Waals surface area (Å²) in [4.78, 5) is 0. The van der Waals surface area contributed by atoms with E-state index in [0.29, 0.717) is 10.9 Å². The molecule has 1 aromatic rings. The van der Waals surface area contributed by atoms with E-state index < -0.39 is 0 Å². The van der Waals surface area contributed by atoms with Gasteiger partial charge in [0.05, 0.1) is 0 Å². The van der Waals surface area contributed by atoms with Gasteiger partial charge in [-0.2, -0.15) is 0 Å². The van der Waals surface area contributed by atoms with Crippen molar-refractivity contribution >= 4 is 23.2 Å².